The molecule has 0 saturated carbocycles. The first-order valence-electron chi connectivity index (χ1n) is 10.3. The highest BCUT2D eigenvalue weighted by Crippen LogP contribution is 2.42. The van der Waals surface area contributed by atoms with Crippen molar-refractivity contribution >= 4 is 0 Å². The molecule has 25 heavy (non-hydrogen) atoms. The number of nitrogens with zero attached hydrogens (tertiary/aromatic N) is 3. The summed E-state index contributed by atoms with van der Waals surface area (Å²) in [6.45, 7) is 15.3. The highest BCUT2D eigenvalue weighted by atomic mass is 19.3. The van der Waals surface area contributed by atoms with E-state index < -0.39 is 11.8 Å². The second-order valence-corrected chi connectivity index (χ2v) is 9.67. The minimum atomic E-state index is -2.53. The van der Waals surface area contributed by atoms with Gasteiger partial charge in [-0.15, -0.1) is 0 Å². The van der Waals surface area contributed by atoms with Crippen molar-refractivity contribution in [3.05, 3.63) is 0 Å². The van der Waals surface area contributed by atoms with E-state index in [9.17, 15) is 8.78 Å². The fourth-order valence-corrected chi connectivity index (χ4v) is 4.97. The molecule has 0 amide bonds. The molecule has 3 rings (SSSR count). The number of alkyl halides is 2. The lowest BCUT2D eigenvalue weighted by atomic mass is 9.71. The smallest absolute Gasteiger partial charge is 0.264 e. The molecule has 146 valence electrons. The molecule has 3 fully saturated rings. The van der Waals surface area contributed by atoms with E-state index in [1.54, 1.807) is 0 Å². The van der Waals surface area contributed by atoms with E-state index in [1.165, 1.54) is 25.9 Å². The van der Waals surface area contributed by atoms with Gasteiger partial charge in [-0.2, -0.15) is 0 Å². The van der Waals surface area contributed by atoms with Gasteiger partial charge in [0, 0.05) is 38.1 Å². The van der Waals surface area contributed by atoms with Crippen LogP contribution in [0.15, 0.2) is 0 Å². The minimum Gasteiger partial charge on any atom is -0.303 e. The second kappa shape index (κ2) is 7.40. The molecule has 1 spiro atoms. The van der Waals surface area contributed by atoms with Crippen molar-refractivity contribution in [1.82, 2.24) is 14.7 Å². The predicted molar refractivity (Wildman–Crippen MR) is 99.1 cm³/mol. The molecule has 0 radical (unpaired) electrons. The topological polar surface area (TPSA) is 9.72 Å². The van der Waals surface area contributed by atoms with Crippen molar-refractivity contribution in [2.24, 2.45) is 17.3 Å². The first-order chi connectivity index (χ1) is 11.7. The van der Waals surface area contributed by atoms with Crippen LogP contribution in [0, 0.1) is 17.3 Å². The summed E-state index contributed by atoms with van der Waals surface area (Å²) in [5.74, 6) is -2.54. The molecule has 5 heteroatoms. The highest BCUT2D eigenvalue weighted by molar-refractivity contribution is 5.00. The molecule has 3 heterocycles. The number of likely N-dealkylation sites (tertiary alicyclic amines) is 3. The molecule has 0 aliphatic carbocycles. The number of rotatable bonds is 5. The standard InChI is InChI=1S/C20H37F2N3/c1-16(2)11-24-8-5-18(20(21,22)15-24)12-23-9-6-19(7-10-23)13-25(14-19)17(3)4/h16-18H,5-15H2,1-4H3. The Hall–Kier alpha value is -0.260. The lowest BCUT2D eigenvalue weighted by molar-refractivity contribution is -0.126. The number of hydrogen-bond acceptors (Lipinski definition) is 3. The van der Waals surface area contributed by atoms with Gasteiger partial charge in [0.2, 0.25) is 0 Å². The summed E-state index contributed by atoms with van der Waals surface area (Å²) in [6.07, 6.45) is 3.02. The molecule has 0 N–H and O–H groups in total. The first-order valence-corrected chi connectivity index (χ1v) is 10.3. The van der Waals surface area contributed by atoms with Gasteiger partial charge < -0.3 is 4.90 Å². The SMILES string of the molecule is CC(C)CN1CCC(CN2CCC3(CC2)CN(C(C)C)C3)C(F)(F)C1. The van der Waals surface area contributed by atoms with Crippen LogP contribution in [0.4, 0.5) is 8.78 Å². The first kappa shape index (κ1) is 19.5. The lowest BCUT2D eigenvalue weighted by Crippen LogP contribution is -2.62. The fourth-order valence-electron chi connectivity index (χ4n) is 4.97. The highest BCUT2D eigenvalue weighted by Gasteiger charge is 2.48. The van der Waals surface area contributed by atoms with E-state index in [2.05, 4.69) is 37.5 Å². The van der Waals surface area contributed by atoms with E-state index in [-0.39, 0.29) is 6.54 Å². The zero-order valence-corrected chi connectivity index (χ0v) is 16.6. The van der Waals surface area contributed by atoms with Gasteiger partial charge in [-0.05, 0) is 64.1 Å². The molecule has 3 aliphatic heterocycles. The summed E-state index contributed by atoms with van der Waals surface area (Å²) in [6, 6.07) is 0.637. The molecule has 1 unspecified atom stereocenters. The molecule has 0 bridgehead atoms. The molecule has 3 aliphatic rings. The van der Waals surface area contributed by atoms with Gasteiger partial charge in [0.05, 0.1) is 6.54 Å². The van der Waals surface area contributed by atoms with Crippen molar-refractivity contribution < 1.29 is 8.78 Å². The average Bonchev–Trinajstić information content (AvgIpc) is 2.47. The van der Waals surface area contributed by atoms with E-state index in [4.69, 9.17) is 0 Å². The Morgan fingerprint density at radius 3 is 2.08 bits per heavy atom. The normalized spacial score (nSPS) is 31.0. The molecule has 0 aromatic carbocycles. The minimum absolute atomic E-state index is 0.0447. The molecule has 3 saturated heterocycles. The quantitative estimate of drug-likeness (QED) is 0.747. The molecule has 3 nitrogen and oxygen atoms in total. The third kappa shape index (κ3) is 4.54. The maximum absolute atomic E-state index is 14.6. The Kier molecular flexibility index (Phi) is 5.77. The van der Waals surface area contributed by atoms with Gasteiger partial charge in [-0.3, -0.25) is 9.80 Å². The van der Waals surface area contributed by atoms with E-state index in [1.807, 2.05) is 4.90 Å². The zero-order valence-electron chi connectivity index (χ0n) is 16.6. The van der Waals surface area contributed by atoms with Gasteiger partial charge in [-0.25, -0.2) is 8.78 Å². The number of halogens is 2. The molecule has 0 aromatic heterocycles. The molecular formula is C20H37F2N3. The Labute approximate surface area is 152 Å². The van der Waals surface area contributed by atoms with Crippen LogP contribution in [0.25, 0.3) is 0 Å². The van der Waals surface area contributed by atoms with Crippen molar-refractivity contribution in [2.45, 2.75) is 58.9 Å². The lowest BCUT2D eigenvalue weighted by Gasteiger charge is -2.56. The van der Waals surface area contributed by atoms with Crippen LogP contribution in [-0.4, -0.2) is 79.0 Å². The van der Waals surface area contributed by atoms with Crippen LogP contribution in [0.1, 0.15) is 47.0 Å². The Balaban J connectivity index is 1.45. The monoisotopic (exact) mass is 357 g/mol. The van der Waals surface area contributed by atoms with Gasteiger partial charge >= 0.3 is 0 Å². The van der Waals surface area contributed by atoms with Gasteiger partial charge in [0.1, 0.15) is 0 Å². The average molecular weight is 358 g/mol. The summed E-state index contributed by atoms with van der Waals surface area (Å²) < 4.78 is 29.2. The van der Waals surface area contributed by atoms with Gasteiger partial charge in [0.25, 0.3) is 5.92 Å². The van der Waals surface area contributed by atoms with Crippen LogP contribution in [-0.2, 0) is 0 Å². The van der Waals surface area contributed by atoms with Crippen molar-refractivity contribution in [1.29, 1.82) is 0 Å². The number of piperidine rings is 2. The maximum Gasteiger partial charge on any atom is 0.264 e. The fraction of sp³-hybridized carbons (Fsp3) is 1.00. The van der Waals surface area contributed by atoms with E-state index in [0.717, 1.165) is 26.2 Å². The Morgan fingerprint density at radius 1 is 0.920 bits per heavy atom. The van der Waals surface area contributed by atoms with E-state index >= 15 is 0 Å². The Bertz CT molecular complexity index is 436. The number of hydrogen-bond donors (Lipinski definition) is 0. The third-order valence-corrected chi connectivity index (χ3v) is 6.65. The summed E-state index contributed by atoms with van der Waals surface area (Å²) in [4.78, 5) is 6.81. The molecule has 1 atom stereocenters. The van der Waals surface area contributed by atoms with Crippen molar-refractivity contribution in [3.8, 4) is 0 Å². The van der Waals surface area contributed by atoms with Crippen LogP contribution < -0.4 is 0 Å². The van der Waals surface area contributed by atoms with Crippen molar-refractivity contribution in [2.75, 3.05) is 52.4 Å². The van der Waals surface area contributed by atoms with Gasteiger partial charge in [-0.1, -0.05) is 13.8 Å². The molecular weight excluding hydrogens is 320 g/mol. The summed E-state index contributed by atoms with van der Waals surface area (Å²) in [7, 11) is 0. The van der Waals surface area contributed by atoms with Crippen LogP contribution >= 0.6 is 0 Å². The third-order valence-electron chi connectivity index (χ3n) is 6.65. The van der Waals surface area contributed by atoms with E-state index in [0.29, 0.717) is 30.3 Å². The summed E-state index contributed by atoms with van der Waals surface area (Å²) >= 11 is 0. The largest absolute Gasteiger partial charge is 0.303 e. The zero-order chi connectivity index (χ0) is 18.2. The molecule has 0 aromatic rings. The van der Waals surface area contributed by atoms with Crippen molar-refractivity contribution in [3.63, 3.8) is 0 Å². The van der Waals surface area contributed by atoms with Gasteiger partial charge in [0.15, 0.2) is 0 Å². The predicted octanol–water partition coefficient (Wildman–Crippen LogP) is 3.41. The summed E-state index contributed by atoms with van der Waals surface area (Å²) in [5.41, 5.74) is 0.490. The van der Waals surface area contributed by atoms with Crippen LogP contribution in [0.3, 0.4) is 0 Å². The maximum atomic E-state index is 14.6. The second-order valence-electron chi connectivity index (χ2n) is 9.67. The Morgan fingerprint density at radius 2 is 1.56 bits per heavy atom. The van der Waals surface area contributed by atoms with Crippen LogP contribution in [0.5, 0.6) is 0 Å². The summed E-state index contributed by atoms with van der Waals surface area (Å²) in [5, 5.41) is 0. The van der Waals surface area contributed by atoms with Crippen LogP contribution in [0.2, 0.25) is 0 Å².